The summed E-state index contributed by atoms with van der Waals surface area (Å²) in [5, 5.41) is 11.0. The lowest BCUT2D eigenvalue weighted by atomic mass is 9.81. The summed E-state index contributed by atoms with van der Waals surface area (Å²) in [6.45, 7) is 11.3. The average molecular weight is 532 g/mol. The highest BCUT2D eigenvalue weighted by Crippen LogP contribution is 2.47. The molecule has 0 unspecified atom stereocenters. The van der Waals surface area contributed by atoms with Crippen molar-refractivity contribution in [2.24, 2.45) is 0 Å². The molecule has 6 nitrogen and oxygen atoms in total. The van der Waals surface area contributed by atoms with Gasteiger partial charge < -0.3 is 24.2 Å². The Morgan fingerprint density at radius 3 is 2.59 bits per heavy atom. The van der Waals surface area contributed by atoms with Crippen molar-refractivity contribution in [2.75, 3.05) is 51.3 Å². The number of hydrogen-bond acceptors (Lipinski definition) is 4. The lowest BCUT2D eigenvalue weighted by Crippen LogP contribution is -2.32. The van der Waals surface area contributed by atoms with Crippen molar-refractivity contribution < 1.29 is 14.6 Å². The number of fused-ring (bicyclic) bond motifs is 5. The highest BCUT2D eigenvalue weighted by Gasteiger charge is 2.30. The summed E-state index contributed by atoms with van der Waals surface area (Å²) in [5.41, 5.74) is 8.14. The second-order valence-electron chi connectivity index (χ2n) is 11.4. The van der Waals surface area contributed by atoms with Crippen molar-refractivity contribution in [3.63, 3.8) is 0 Å². The maximum absolute atomic E-state index is 11.9. The van der Waals surface area contributed by atoms with Crippen LogP contribution in [-0.4, -0.2) is 67.0 Å². The molecule has 0 radical (unpaired) electrons. The van der Waals surface area contributed by atoms with E-state index >= 15 is 0 Å². The Balaban J connectivity index is 1.53. The van der Waals surface area contributed by atoms with Crippen LogP contribution in [0.25, 0.3) is 22.2 Å². The monoisotopic (exact) mass is 531 g/mol. The van der Waals surface area contributed by atoms with Crippen molar-refractivity contribution >= 4 is 22.6 Å². The normalized spacial score (nSPS) is 15.9. The van der Waals surface area contributed by atoms with Gasteiger partial charge in [-0.2, -0.15) is 0 Å². The van der Waals surface area contributed by atoms with Crippen LogP contribution in [-0.2, 0) is 11.3 Å². The van der Waals surface area contributed by atoms with E-state index in [4.69, 9.17) is 4.74 Å². The van der Waals surface area contributed by atoms with Crippen LogP contribution < -0.4 is 4.90 Å². The van der Waals surface area contributed by atoms with Gasteiger partial charge in [0.05, 0.1) is 11.3 Å². The molecule has 5 rings (SSSR count). The molecule has 210 valence electrons. The smallest absolute Gasteiger partial charge is 0.335 e. The van der Waals surface area contributed by atoms with Gasteiger partial charge in [0.1, 0.15) is 0 Å². The van der Waals surface area contributed by atoms with E-state index in [2.05, 4.69) is 52.5 Å². The van der Waals surface area contributed by atoms with E-state index in [1.807, 2.05) is 6.07 Å². The van der Waals surface area contributed by atoms with Gasteiger partial charge >= 0.3 is 5.97 Å². The van der Waals surface area contributed by atoms with Gasteiger partial charge in [-0.3, -0.25) is 0 Å². The molecule has 2 heterocycles. The summed E-state index contributed by atoms with van der Waals surface area (Å²) in [6.07, 6.45) is 8.48. The minimum absolute atomic E-state index is 0.372. The number of aryl methyl sites for hydroxylation is 1. The number of hydrogen-bond donors (Lipinski definition) is 1. The molecule has 0 amide bonds. The summed E-state index contributed by atoms with van der Waals surface area (Å²) in [5.74, 6) is -0.331. The Hall–Kier alpha value is -2.83. The van der Waals surface area contributed by atoms with E-state index in [0.717, 1.165) is 64.2 Å². The van der Waals surface area contributed by atoms with Gasteiger partial charge in [0.25, 0.3) is 0 Å². The van der Waals surface area contributed by atoms with Gasteiger partial charge in [-0.15, -0.1) is 0 Å². The van der Waals surface area contributed by atoms with Crippen LogP contribution in [0.15, 0.2) is 36.4 Å². The molecule has 1 fully saturated rings. The maximum atomic E-state index is 11.9. The number of benzene rings is 2. The van der Waals surface area contributed by atoms with E-state index in [9.17, 15) is 9.90 Å². The highest BCUT2D eigenvalue weighted by atomic mass is 16.5. The fraction of sp³-hybridized carbons (Fsp3) is 0.545. The van der Waals surface area contributed by atoms with E-state index in [1.165, 1.54) is 65.6 Å². The molecule has 1 aliphatic heterocycles. The average Bonchev–Trinajstić information content (AvgIpc) is 3.18. The molecule has 0 bridgehead atoms. The Labute approximate surface area is 233 Å². The Morgan fingerprint density at radius 1 is 1.05 bits per heavy atom. The van der Waals surface area contributed by atoms with Crippen LogP contribution >= 0.6 is 0 Å². The molecule has 6 heteroatoms. The van der Waals surface area contributed by atoms with Crippen molar-refractivity contribution in [1.29, 1.82) is 0 Å². The third-order valence-electron chi connectivity index (χ3n) is 8.88. The van der Waals surface area contributed by atoms with E-state index < -0.39 is 5.97 Å². The van der Waals surface area contributed by atoms with Crippen LogP contribution in [0.1, 0.15) is 79.3 Å². The number of aromatic nitrogens is 1. The molecule has 39 heavy (non-hydrogen) atoms. The fourth-order valence-corrected chi connectivity index (χ4v) is 6.86. The first-order chi connectivity index (χ1) is 19.0. The minimum atomic E-state index is -0.857. The number of aromatic carboxylic acids is 1. The first-order valence-corrected chi connectivity index (χ1v) is 15.0. The predicted molar refractivity (Wildman–Crippen MR) is 160 cm³/mol. The van der Waals surface area contributed by atoms with E-state index in [1.54, 1.807) is 13.2 Å². The van der Waals surface area contributed by atoms with Crippen molar-refractivity contribution in [3.05, 3.63) is 53.1 Å². The van der Waals surface area contributed by atoms with Crippen LogP contribution in [0.3, 0.4) is 0 Å². The van der Waals surface area contributed by atoms with Gasteiger partial charge in [-0.05, 0) is 80.9 Å². The topological polar surface area (TPSA) is 57.9 Å². The van der Waals surface area contributed by atoms with Crippen LogP contribution in [0.2, 0.25) is 0 Å². The lowest BCUT2D eigenvalue weighted by Gasteiger charge is -2.28. The molecule has 0 saturated heterocycles. The number of rotatable bonds is 11. The number of carbonyl (C=O) groups is 1. The number of ether oxygens (including phenoxy) is 1. The molecular weight excluding hydrogens is 486 g/mol. The van der Waals surface area contributed by atoms with Crippen molar-refractivity contribution in [3.8, 4) is 11.3 Å². The molecular formula is C33H45N3O3. The second kappa shape index (κ2) is 12.6. The van der Waals surface area contributed by atoms with Gasteiger partial charge in [0, 0.05) is 62.0 Å². The van der Waals surface area contributed by atoms with Gasteiger partial charge in [0.15, 0.2) is 0 Å². The second-order valence-corrected chi connectivity index (χ2v) is 11.4. The first kappa shape index (κ1) is 27.7. The quantitative estimate of drug-likeness (QED) is 0.272. The molecule has 1 saturated carbocycles. The SMILES string of the molecule is CCN(CCCOC)CCCN1CCn2c(c(C3CCCCC3)c3ccc(C(=O)O)cc32)-c2ccc(C)cc21. The summed E-state index contributed by atoms with van der Waals surface area (Å²) < 4.78 is 7.71. The third kappa shape index (κ3) is 5.87. The van der Waals surface area contributed by atoms with E-state index in [-0.39, 0.29) is 0 Å². The van der Waals surface area contributed by atoms with Gasteiger partial charge in [-0.1, -0.05) is 44.4 Å². The number of carboxylic acid groups (broad SMARTS) is 1. The number of anilines is 1. The summed E-state index contributed by atoms with van der Waals surface area (Å²) in [6, 6.07) is 12.7. The number of methoxy groups -OCH3 is 1. The zero-order valence-electron chi connectivity index (χ0n) is 24.0. The van der Waals surface area contributed by atoms with Gasteiger partial charge in [-0.25, -0.2) is 4.79 Å². The molecule has 1 aliphatic carbocycles. The molecule has 0 spiro atoms. The van der Waals surface area contributed by atoms with Gasteiger partial charge in [0.2, 0.25) is 0 Å². The van der Waals surface area contributed by atoms with Crippen LogP contribution in [0.5, 0.6) is 0 Å². The number of carboxylic acids is 1. The Kier molecular flexibility index (Phi) is 8.93. The molecule has 2 aliphatic rings. The fourth-order valence-electron chi connectivity index (χ4n) is 6.86. The van der Waals surface area contributed by atoms with Crippen molar-refractivity contribution in [2.45, 2.75) is 71.3 Å². The molecule has 3 aromatic rings. The number of nitrogens with zero attached hydrogens (tertiary/aromatic N) is 3. The first-order valence-electron chi connectivity index (χ1n) is 15.0. The summed E-state index contributed by atoms with van der Waals surface area (Å²) in [4.78, 5) is 17.0. The molecule has 1 aromatic heterocycles. The zero-order valence-corrected chi connectivity index (χ0v) is 24.0. The molecule has 0 atom stereocenters. The summed E-state index contributed by atoms with van der Waals surface area (Å²) in [7, 11) is 1.77. The predicted octanol–water partition coefficient (Wildman–Crippen LogP) is 6.93. The Morgan fingerprint density at radius 2 is 1.85 bits per heavy atom. The third-order valence-corrected chi connectivity index (χ3v) is 8.88. The van der Waals surface area contributed by atoms with E-state index in [0.29, 0.717) is 11.5 Å². The Bertz CT molecular complexity index is 1290. The summed E-state index contributed by atoms with van der Waals surface area (Å²) >= 11 is 0. The van der Waals surface area contributed by atoms with Crippen LogP contribution in [0.4, 0.5) is 5.69 Å². The minimum Gasteiger partial charge on any atom is -0.478 e. The highest BCUT2D eigenvalue weighted by molar-refractivity contribution is 5.99. The van der Waals surface area contributed by atoms with Crippen LogP contribution in [0, 0.1) is 6.92 Å². The molecule has 2 aromatic carbocycles. The standard InChI is InChI=1S/C33H45N3O3/c1-4-34(17-9-21-39-3)16-8-18-35-19-20-36-30-23-26(33(37)38)13-15-27(30)31(25-10-6-5-7-11-25)32(36)28-14-12-24(2)22-29(28)35/h12-15,22-23,25H,4-11,16-21H2,1-3H3,(H,37,38). The zero-order chi connectivity index (χ0) is 27.4. The maximum Gasteiger partial charge on any atom is 0.335 e. The molecule has 1 N–H and O–H groups in total. The lowest BCUT2D eigenvalue weighted by molar-refractivity contribution is 0.0697. The van der Waals surface area contributed by atoms with Crippen molar-refractivity contribution in [1.82, 2.24) is 9.47 Å². The largest absolute Gasteiger partial charge is 0.478 e.